The topological polar surface area (TPSA) is 37.5 Å². The van der Waals surface area contributed by atoms with E-state index < -0.39 is 0 Å². The van der Waals surface area contributed by atoms with Crippen LogP contribution in [0.1, 0.15) is 11.4 Å². The van der Waals surface area contributed by atoms with Gasteiger partial charge in [0.05, 0.1) is 11.7 Å². The summed E-state index contributed by atoms with van der Waals surface area (Å²) in [7, 11) is 0. The Morgan fingerprint density at radius 3 is 2.89 bits per heavy atom. The molecule has 1 N–H and O–H groups in total. The Kier molecular flexibility index (Phi) is 2.48. The van der Waals surface area contributed by atoms with Crippen LogP contribution >= 0.6 is 0 Å². The summed E-state index contributed by atoms with van der Waals surface area (Å²) in [6.07, 6.45) is 3.81. The third-order valence-corrected chi connectivity index (χ3v) is 2.90. The number of halogens is 1. The zero-order valence-corrected chi connectivity index (χ0v) is 9.55. The van der Waals surface area contributed by atoms with E-state index in [4.69, 9.17) is 0 Å². The largest absolute Gasteiger partial charge is 0.508 e. The molecule has 1 aromatic carbocycles. The highest BCUT2D eigenvalue weighted by Crippen LogP contribution is 2.17. The lowest BCUT2D eigenvalue weighted by atomic mass is 10.1. The molecule has 0 unspecified atom stereocenters. The van der Waals surface area contributed by atoms with Gasteiger partial charge in [0.1, 0.15) is 17.4 Å². The lowest BCUT2D eigenvalue weighted by Crippen LogP contribution is -1.98. The number of hydrogen-bond acceptors (Lipinski definition) is 2. The number of fused-ring (bicyclic) bond motifs is 1. The van der Waals surface area contributed by atoms with Gasteiger partial charge in [-0.3, -0.25) is 0 Å². The normalized spacial score (nSPS) is 10.9. The van der Waals surface area contributed by atoms with Gasteiger partial charge in [-0.05, 0) is 17.7 Å². The third kappa shape index (κ3) is 1.82. The molecule has 0 aliphatic rings. The van der Waals surface area contributed by atoms with Crippen LogP contribution in [-0.4, -0.2) is 14.5 Å². The first-order valence-electron chi connectivity index (χ1n) is 5.62. The molecule has 0 saturated carbocycles. The van der Waals surface area contributed by atoms with Crippen molar-refractivity contribution in [2.45, 2.75) is 6.42 Å². The first-order valence-corrected chi connectivity index (χ1v) is 5.62. The van der Waals surface area contributed by atoms with Crippen molar-refractivity contribution in [3.05, 3.63) is 66.0 Å². The maximum atomic E-state index is 13.6. The molecular weight excluding hydrogens is 231 g/mol. The van der Waals surface area contributed by atoms with E-state index in [-0.39, 0.29) is 11.6 Å². The Morgan fingerprint density at radius 2 is 2.06 bits per heavy atom. The minimum absolute atomic E-state index is 0.194. The molecule has 90 valence electrons. The molecule has 2 aromatic heterocycles. The van der Waals surface area contributed by atoms with Crippen LogP contribution in [0.3, 0.4) is 0 Å². The zero-order chi connectivity index (χ0) is 12.5. The number of nitrogens with zero attached hydrogens (tertiary/aromatic N) is 2. The first kappa shape index (κ1) is 10.8. The van der Waals surface area contributed by atoms with Crippen LogP contribution in [0, 0.1) is 5.82 Å². The van der Waals surface area contributed by atoms with Gasteiger partial charge >= 0.3 is 0 Å². The Morgan fingerprint density at radius 1 is 1.22 bits per heavy atom. The van der Waals surface area contributed by atoms with E-state index in [1.54, 1.807) is 42.7 Å². The molecule has 0 radical (unpaired) electrons. The standard InChI is InChI=1S/C14H11FN2O/c15-13-4-2-1-3-10(13)7-14-16-9-11-8-12(18)5-6-17(11)14/h1-6,8-9,18H,7H2. The van der Waals surface area contributed by atoms with Crippen LogP contribution in [-0.2, 0) is 6.42 Å². The average molecular weight is 242 g/mol. The third-order valence-electron chi connectivity index (χ3n) is 2.90. The highest BCUT2D eigenvalue weighted by molar-refractivity contribution is 5.50. The van der Waals surface area contributed by atoms with Gasteiger partial charge in [-0.25, -0.2) is 9.37 Å². The fourth-order valence-corrected chi connectivity index (χ4v) is 1.99. The monoisotopic (exact) mass is 242 g/mol. The number of imidazole rings is 1. The van der Waals surface area contributed by atoms with Crippen molar-refractivity contribution < 1.29 is 9.50 Å². The van der Waals surface area contributed by atoms with Gasteiger partial charge < -0.3 is 9.51 Å². The van der Waals surface area contributed by atoms with Crippen LogP contribution < -0.4 is 0 Å². The molecule has 0 aliphatic heterocycles. The van der Waals surface area contributed by atoms with E-state index in [2.05, 4.69) is 4.98 Å². The van der Waals surface area contributed by atoms with Gasteiger partial charge in [-0.1, -0.05) is 18.2 Å². The summed E-state index contributed by atoms with van der Waals surface area (Å²) in [4.78, 5) is 4.26. The van der Waals surface area contributed by atoms with Crippen LogP contribution in [0.5, 0.6) is 5.75 Å². The summed E-state index contributed by atoms with van der Waals surface area (Å²) >= 11 is 0. The lowest BCUT2D eigenvalue weighted by molar-refractivity contribution is 0.475. The van der Waals surface area contributed by atoms with E-state index in [9.17, 15) is 9.50 Å². The molecule has 3 rings (SSSR count). The highest BCUT2D eigenvalue weighted by atomic mass is 19.1. The first-order chi connectivity index (χ1) is 8.74. The van der Waals surface area contributed by atoms with Crippen molar-refractivity contribution in [1.29, 1.82) is 0 Å². The summed E-state index contributed by atoms with van der Waals surface area (Å²) in [5.74, 6) is 0.711. The van der Waals surface area contributed by atoms with E-state index >= 15 is 0 Å². The predicted octanol–water partition coefficient (Wildman–Crippen LogP) is 2.77. The molecule has 3 aromatic rings. The SMILES string of the molecule is Oc1ccn2c(Cc3ccccc3F)ncc2c1. The minimum atomic E-state index is -0.229. The summed E-state index contributed by atoms with van der Waals surface area (Å²) < 4.78 is 15.4. The predicted molar refractivity (Wildman–Crippen MR) is 66.1 cm³/mol. The fourth-order valence-electron chi connectivity index (χ4n) is 1.99. The Labute approximate surface area is 103 Å². The molecule has 0 amide bonds. The smallest absolute Gasteiger partial charge is 0.126 e. The second-order valence-electron chi connectivity index (χ2n) is 4.12. The maximum Gasteiger partial charge on any atom is 0.126 e. The molecule has 0 atom stereocenters. The maximum absolute atomic E-state index is 13.6. The van der Waals surface area contributed by atoms with Crippen molar-refractivity contribution in [3.8, 4) is 5.75 Å². The molecule has 3 nitrogen and oxygen atoms in total. The number of aromatic nitrogens is 2. The van der Waals surface area contributed by atoms with Crippen LogP contribution in [0.25, 0.3) is 5.52 Å². The van der Waals surface area contributed by atoms with E-state index in [1.165, 1.54) is 6.07 Å². The second-order valence-corrected chi connectivity index (χ2v) is 4.12. The van der Waals surface area contributed by atoms with Gasteiger partial charge in [-0.15, -0.1) is 0 Å². The van der Waals surface area contributed by atoms with Crippen molar-refractivity contribution in [2.24, 2.45) is 0 Å². The number of rotatable bonds is 2. The van der Waals surface area contributed by atoms with Gasteiger partial charge in [0.25, 0.3) is 0 Å². The number of pyridine rings is 1. The molecule has 0 bridgehead atoms. The molecule has 2 heterocycles. The zero-order valence-electron chi connectivity index (χ0n) is 9.55. The highest BCUT2D eigenvalue weighted by Gasteiger charge is 2.08. The molecule has 0 aliphatic carbocycles. The Bertz CT molecular complexity index is 706. The van der Waals surface area contributed by atoms with Gasteiger partial charge in [-0.2, -0.15) is 0 Å². The number of benzene rings is 1. The van der Waals surface area contributed by atoms with Crippen molar-refractivity contribution in [3.63, 3.8) is 0 Å². The fraction of sp³-hybridized carbons (Fsp3) is 0.0714. The molecular formula is C14H11FN2O. The van der Waals surface area contributed by atoms with E-state index in [0.29, 0.717) is 12.0 Å². The van der Waals surface area contributed by atoms with Crippen molar-refractivity contribution >= 4 is 5.52 Å². The van der Waals surface area contributed by atoms with Crippen molar-refractivity contribution in [2.75, 3.05) is 0 Å². The van der Waals surface area contributed by atoms with Gasteiger partial charge in [0.15, 0.2) is 0 Å². The molecule has 0 spiro atoms. The van der Waals surface area contributed by atoms with Crippen molar-refractivity contribution in [1.82, 2.24) is 9.38 Å². The molecule has 0 saturated heterocycles. The average Bonchev–Trinajstić information content (AvgIpc) is 2.74. The summed E-state index contributed by atoms with van der Waals surface area (Å²) in [6, 6.07) is 9.87. The quantitative estimate of drug-likeness (QED) is 0.750. The van der Waals surface area contributed by atoms with Crippen LogP contribution in [0.4, 0.5) is 4.39 Å². The summed E-state index contributed by atoms with van der Waals surface area (Å²) in [6.45, 7) is 0. The Balaban J connectivity index is 2.03. The minimum Gasteiger partial charge on any atom is -0.508 e. The lowest BCUT2D eigenvalue weighted by Gasteiger charge is -2.03. The van der Waals surface area contributed by atoms with E-state index in [1.807, 2.05) is 4.40 Å². The molecule has 0 fully saturated rings. The Hall–Kier alpha value is -2.36. The molecule has 18 heavy (non-hydrogen) atoms. The summed E-state index contributed by atoms with van der Waals surface area (Å²) in [5, 5.41) is 9.37. The summed E-state index contributed by atoms with van der Waals surface area (Å²) in [5.41, 5.74) is 1.40. The van der Waals surface area contributed by atoms with Crippen LogP contribution in [0.15, 0.2) is 48.8 Å². The number of hydrogen-bond donors (Lipinski definition) is 1. The second kappa shape index (κ2) is 4.14. The van der Waals surface area contributed by atoms with Crippen LogP contribution in [0.2, 0.25) is 0 Å². The number of aromatic hydroxyl groups is 1. The van der Waals surface area contributed by atoms with Gasteiger partial charge in [0.2, 0.25) is 0 Å². The molecule has 4 heteroatoms. The van der Waals surface area contributed by atoms with E-state index in [0.717, 1.165) is 11.3 Å². The van der Waals surface area contributed by atoms with Gasteiger partial charge in [0, 0.05) is 18.7 Å².